The van der Waals surface area contributed by atoms with Gasteiger partial charge in [-0.3, -0.25) is 19.4 Å². The molecule has 0 spiro atoms. The Morgan fingerprint density at radius 2 is 1.86 bits per heavy atom. The Morgan fingerprint density at radius 1 is 1.14 bits per heavy atom. The predicted molar refractivity (Wildman–Crippen MR) is 113 cm³/mol. The molecule has 2 saturated heterocycles. The molecule has 1 unspecified atom stereocenters. The Labute approximate surface area is 174 Å². The van der Waals surface area contributed by atoms with Crippen LogP contribution in [0.15, 0.2) is 24.3 Å². The van der Waals surface area contributed by atoms with Gasteiger partial charge in [-0.2, -0.15) is 0 Å². The minimum absolute atomic E-state index is 0.0399. The van der Waals surface area contributed by atoms with E-state index in [9.17, 15) is 9.59 Å². The number of anilines is 1. The highest BCUT2D eigenvalue weighted by Gasteiger charge is 2.28. The Morgan fingerprint density at radius 3 is 2.59 bits per heavy atom. The second-order valence-corrected chi connectivity index (χ2v) is 8.49. The van der Waals surface area contributed by atoms with Crippen molar-refractivity contribution in [2.24, 2.45) is 0 Å². The maximum atomic E-state index is 12.7. The van der Waals surface area contributed by atoms with Crippen LogP contribution in [0, 0.1) is 0 Å². The van der Waals surface area contributed by atoms with Gasteiger partial charge in [0.2, 0.25) is 11.8 Å². The number of nitrogens with one attached hydrogen (secondary N) is 1. The van der Waals surface area contributed by atoms with Gasteiger partial charge >= 0.3 is 0 Å². The summed E-state index contributed by atoms with van der Waals surface area (Å²) in [4.78, 5) is 35.8. The van der Waals surface area contributed by atoms with Gasteiger partial charge in [0.25, 0.3) is 0 Å². The van der Waals surface area contributed by atoms with E-state index in [1.165, 1.54) is 11.3 Å². The van der Waals surface area contributed by atoms with Crippen LogP contribution in [0.5, 0.6) is 0 Å². The number of fused-ring (bicyclic) bond motifs is 1. The lowest BCUT2D eigenvalue weighted by atomic mass is 10.2. The van der Waals surface area contributed by atoms with Crippen molar-refractivity contribution in [1.82, 2.24) is 19.7 Å². The second kappa shape index (κ2) is 9.17. The van der Waals surface area contributed by atoms with E-state index in [-0.39, 0.29) is 17.9 Å². The largest absolute Gasteiger partial charge is 0.378 e. The highest BCUT2D eigenvalue weighted by molar-refractivity contribution is 7.22. The third-order valence-corrected chi connectivity index (χ3v) is 6.53. The fraction of sp³-hybridized carbons (Fsp3) is 0.550. The quantitative estimate of drug-likeness (QED) is 0.785. The van der Waals surface area contributed by atoms with Crippen molar-refractivity contribution in [2.75, 3.05) is 64.3 Å². The highest BCUT2D eigenvalue weighted by Crippen LogP contribution is 2.25. The third-order valence-electron chi connectivity index (χ3n) is 5.58. The van der Waals surface area contributed by atoms with E-state index in [2.05, 4.69) is 20.1 Å². The smallest absolute Gasteiger partial charge is 0.243 e. The second-order valence-electron chi connectivity index (χ2n) is 7.46. The van der Waals surface area contributed by atoms with Gasteiger partial charge in [-0.15, -0.1) is 0 Å². The van der Waals surface area contributed by atoms with Crippen molar-refractivity contribution in [2.45, 2.75) is 13.0 Å². The number of hydrogen-bond acceptors (Lipinski definition) is 7. The van der Waals surface area contributed by atoms with E-state index in [4.69, 9.17) is 4.74 Å². The van der Waals surface area contributed by atoms with E-state index in [1.54, 1.807) is 0 Å². The molecule has 0 aliphatic carbocycles. The lowest BCUT2D eigenvalue weighted by molar-refractivity contribution is -0.137. The first-order valence-electron chi connectivity index (χ1n) is 10.1. The summed E-state index contributed by atoms with van der Waals surface area (Å²) < 4.78 is 6.37. The first-order chi connectivity index (χ1) is 14.1. The number of piperazine rings is 1. The molecule has 4 rings (SSSR count). The molecule has 9 heteroatoms. The molecule has 0 radical (unpaired) electrons. The summed E-state index contributed by atoms with van der Waals surface area (Å²) in [7, 11) is 0. The first kappa shape index (κ1) is 20.2. The summed E-state index contributed by atoms with van der Waals surface area (Å²) in [6.07, 6.45) is 0. The molecule has 2 aliphatic heterocycles. The average molecular weight is 418 g/mol. The monoisotopic (exact) mass is 417 g/mol. The molecule has 8 nitrogen and oxygen atoms in total. The number of carbonyl (C=O) groups is 2. The van der Waals surface area contributed by atoms with Crippen molar-refractivity contribution >= 4 is 38.5 Å². The van der Waals surface area contributed by atoms with Gasteiger partial charge in [-0.1, -0.05) is 23.5 Å². The van der Waals surface area contributed by atoms with Gasteiger partial charge in [-0.05, 0) is 19.1 Å². The molecule has 1 N–H and O–H groups in total. The number of rotatable bonds is 5. The molecule has 0 bridgehead atoms. The number of morpholine rings is 1. The lowest BCUT2D eigenvalue weighted by Crippen LogP contribution is -2.55. The zero-order valence-corrected chi connectivity index (χ0v) is 17.5. The fourth-order valence-corrected chi connectivity index (χ4v) is 4.58. The predicted octanol–water partition coefficient (Wildman–Crippen LogP) is 1.10. The molecule has 156 valence electrons. The zero-order valence-electron chi connectivity index (χ0n) is 16.7. The van der Waals surface area contributed by atoms with Crippen LogP contribution >= 0.6 is 11.3 Å². The summed E-state index contributed by atoms with van der Waals surface area (Å²) >= 11 is 1.49. The molecule has 29 heavy (non-hydrogen) atoms. The van der Waals surface area contributed by atoms with Crippen LogP contribution in [0.25, 0.3) is 10.2 Å². The van der Waals surface area contributed by atoms with Crippen LogP contribution in [0.3, 0.4) is 0 Å². The van der Waals surface area contributed by atoms with Gasteiger partial charge < -0.3 is 15.0 Å². The molecular formula is C20H27N5O3S. The maximum Gasteiger partial charge on any atom is 0.243 e. The molecule has 1 aromatic carbocycles. The van der Waals surface area contributed by atoms with Crippen molar-refractivity contribution in [3.05, 3.63) is 24.3 Å². The summed E-state index contributed by atoms with van der Waals surface area (Å²) in [5.41, 5.74) is 0.902. The number of thiazole rings is 1. The number of nitrogens with zero attached hydrogens (tertiary/aromatic N) is 4. The van der Waals surface area contributed by atoms with Crippen LogP contribution < -0.4 is 5.32 Å². The summed E-state index contributed by atoms with van der Waals surface area (Å²) in [6, 6.07) is 7.63. The first-order valence-corrected chi connectivity index (χ1v) is 10.9. The van der Waals surface area contributed by atoms with E-state index in [1.807, 2.05) is 36.1 Å². The van der Waals surface area contributed by atoms with Crippen LogP contribution in [0.2, 0.25) is 0 Å². The van der Waals surface area contributed by atoms with Crippen molar-refractivity contribution in [3.63, 3.8) is 0 Å². The minimum Gasteiger partial charge on any atom is -0.378 e. The molecule has 2 aliphatic rings. The molecular weight excluding hydrogens is 390 g/mol. The van der Waals surface area contributed by atoms with Crippen LogP contribution in [-0.2, 0) is 14.3 Å². The van der Waals surface area contributed by atoms with E-state index in [0.717, 1.165) is 36.4 Å². The minimum atomic E-state index is -0.237. The summed E-state index contributed by atoms with van der Waals surface area (Å²) in [5.74, 6) is 0.130. The maximum absolute atomic E-state index is 12.7. The number of carbonyl (C=O) groups excluding carboxylic acids is 2. The van der Waals surface area contributed by atoms with Crippen molar-refractivity contribution in [3.8, 4) is 0 Å². The molecule has 0 saturated carbocycles. The van der Waals surface area contributed by atoms with Gasteiger partial charge in [0.05, 0.1) is 36.0 Å². The number of aromatic nitrogens is 1. The zero-order chi connectivity index (χ0) is 20.2. The lowest BCUT2D eigenvalue weighted by Gasteiger charge is -2.38. The normalized spacial score (nSPS) is 20.0. The number of amides is 2. The van der Waals surface area contributed by atoms with Crippen molar-refractivity contribution < 1.29 is 14.3 Å². The SMILES string of the molecule is CC(C(=O)Nc1nc2ccccc2s1)N1CCN(CC(=O)N2CCOCC2)CC1. The average Bonchev–Trinajstić information content (AvgIpc) is 3.16. The molecule has 2 fully saturated rings. The topological polar surface area (TPSA) is 78.0 Å². The van der Waals surface area contributed by atoms with Crippen LogP contribution in [0.4, 0.5) is 5.13 Å². The molecule has 1 aromatic heterocycles. The Balaban J connectivity index is 1.25. The Bertz CT molecular complexity index is 826. The summed E-state index contributed by atoms with van der Waals surface area (Å²) in [5, 5.41) is 3.59. The van der Waals surface area contributed by atoms with Crippen molar-refractivity contribution in [1.29, 1.82) is 0 Å². The standard InChI is InChI=1S/C20H27N5O3S/c1-15(19(27)22-20-21-16-4-2-3-5-17(16)29-20)24-8-6-23(7-9-24)14-18(26)25-10-12-28-13-11-25/h2-5,15H,6-14H2,1H3,(H,21,22,27). The number of para-hydroxylation sites is 1. The van der Waals surface area contributed by atoms with Gasteiger partial charge in [0.1, 0.15) is 0 Å². The Kier molecular flexibility index (Phi) is 6.39. The molecule has 2 aromatic rings. The molecule has 1 atom stereocenters. The van der Waals surface area contributed by atoms with Crippen LogP contribution in [-0.4, -0.2) is 96.6 Å². The van der Waals surface area contributed by atoms with E-state index >= 15 is 0 Å². The number of benzene rings is 1. The fourth-order valence-electron chi connectivity index (χ4n) is 3.71. The third kappa shape index (κ3) is 4.92. The Hall–Kier alpha value is -2.07. The number of ether oxygens (including phenoxy) is 1. The highest BCUT2D eigenvalue weighted by atomic mass is 32.1. The number of hydrogen-bond donors (Lipinski definition) is 1. The van der Waals surface area contributed by atoms with E-state index in [0.29, 0.717) is 38.0 Å². The van der Waals surface area contributed by atoms with Gasteiger partial charge in [0, 0.05) is 39.3 Å². The van der Waals surface area contributed by atoms with Gasteiger partial charge in [-0.25, -0.2) is 4.98 Å². The van der Waals surface area contributed by atoms with Crippen LogP contribution in [0.1, 0.15) is 6.92 Å². The summed E-state index contributed by atoms with van der Waals surface area (Å²) in [6.45, 7) is 8.10. The molecule has 3 heterocycles. The van der Waals surface area contributed by atoms with Gasteiger partial charge in [0.15, 0.2) is 5.13 Å². The van der Waals surface area contributed by atoms with E-state index < -0.39 is 0 Å². The molecule has 2 amide bonds.